The van der Waals surface area contributed by atoms with Crippen LogP contribution < -0.4 is 5.73 Å². The summed E-state index contributed by atoms with van der Waals surface area (Å²) in [6, 6.07) is 1.50. The molecule has 12 heavy (non-hydrogen) atoms. The average molecular weight is 187 g/mol. The second-order valence-electron chi connectivity index (χ2n) is 2.17. The summed E-state index contributed by atoms with van der Waals surface area (Å²) in [7, 11) is 0. The molecule has 2 nitrogen and oxygen atoms in total. The Morgan fingerprint density at radius 1 is 1.67 bits per heavy atom. The third-order valence-electron chi connectivity index (χ3n) is 1.27. The molecular formula is C8H8ClFN2. The molecule has 1 aromatic rings. The van der Waals surface area contributed by atoms with Gasteiger partial charge in [0.25, 0.3) is 0 Å². The number of nitrogens with zero attached hydrogens (tertiary/aromatic N) is 1. The van der Waals surface area contributed by atoms with Crippen molar-refractivity contribution >= 4 is 17.7 Å². The van der Waals surface area contributed by atoms with Gasteiger partial charge in [0.15, 0.2) is 0 Å². The Morgan fingerprint density at radius 3 is 3.08 bits per heavy atom. The Kier molecular flexibility index (Phi) is 3.19. The first kappa shape index (κ1) is 9.16. The van der Waals surface area contributed by atoms with Crippen LogP contribution >= 0.6 is 11.6 Å². The lowest BCUT2D eigenvalue weighted by Gasteiger charge is -1.95. The van der Waals surface area contributed by atoms with Crippen molar-refractivity contribution < 1.29 is 4.39 Å². The maximum atomic E-state index is 12.8. The fourth-order valence-corrected chi connectivity index (χ4v) is 0.916. The van der Waals surface area contributed by atoms with Crippen molar-refractivity contribution in [3.05, 3.63) is 34.9 Å². The van der Waals surface area contributed by atoms with Gasteiger partial charge in [-0.25, -0.2) is 4.98 Å². The number of halogens is 2. The van der Waals surface area contributed by atoms with Crippen molar-refractivity contribution in [3.8, 4) is 0 Å². The van der Waals surface area contributed by atoms with E-state index in [9.17, 15) is 4.39 Å². The van der Waals surface area contributed by atoms with Crippen molar-refractivity contribution in [2.75, 3.05) is 6.54 Å². The normalized spacial score (nSPS) is 10.9. The summed E-state index contributed by atoms with van der Waals surface area (Å²) < 4.78 is 12.8. The summed E-state index contributed by atoms with van der Waals surface area (Å²) >= 11 is 5.60. The molecule has 0 saturated carbocycles. The van der Waals surface area contributed by atoms with Crippen LogP contribution in [0.1, 0.15) is 5.56 Å². The van der Waals surface area contributed by atoms with E-state index in [4.69, 9.17) is 17.3 Å². The molecule has 1 rings (SSSR count). The number of hydrogen-bond donors (Lipinski definition) is 1. The predicted octanol–water partition coefficient (Wildman–Crippen LogP) is 1.85. The number of pyridine rings is 1. The smallest absolute Gasteiger partial charge is 0.220 e. The van der Waals surface area contributed by atoms with Crippen LogP contribution in [0, 0.1) is 5.95 Å². The van der Waals surface area contributed by atoms with Gasteiger partial charge in [-0.2, -0.15) is 4.39 Å². The first-order chi connectivity index (χ1) is 5.74. The van der Waals surface area contributed by atoms with E-state index in [1.54, 1.807) is 12.2 Å². The van der Waals surface area contributed by atoms with E-state index in [2.05, 4.69) is 4.98 Å². The summed E-state index contributed by atoms with van der Waals surface area (Å²) in [5.74, 6) is -0.538. The van der Waals surface area contributed by atoms with E-state index < -0.39 is 5.95 Å². The molecule has 0 saturated heterocycles. The second-order valence-corrected chi connectivity index (χ2v) is 2.61. The zero-order chi connectivity index (χ0) is 8.97. The molecule has 0 aliphatic carbocycles. The fraction of sp³-hybridized carbons (Fsp3) is 0.125. The van der Waals surface area contributed by atoms with Crippen LogP contribution in [0.5, 0.6) is 0 Å². The number of hydrogen-bond acceptors (Lipinski definition) is 2. The maximum Gasteiger partial charge on any atom is 0.220 e. The van der Waals surface area contributed by atoms with Gasteiger partial charge >= 0.3 is 0 Å². The van der Waals surface area contributed by atoms with Crippen LogP contribution in [0.25, 0.3) is 6.08 Å². The minimum Gasteiger partial charge on any atom is -0.327 e. The molecule has 0 aliphatic heterocycles. The first-order valence-corrected chi connectivity index (χ1v) is 3.79. The molecule has 0 spiro atoms. The topological polar surface area (TPSA) is 38.9 Å². The molecule has 2 N–H and O–H groups in total. The minimum absolute atomic E-state index is 0.355. The highest BCUT2D eigenvalue weighted by Crippen LogP contribution is 2.13. The molecule has 1 heterocycles. The van der Waals surface area contributed by atoms with E-state index in [0.29, 0.717) is 17.1 Å². The Bertz CT molecular complexity index is 299. The lowest BCUT2D eigenvalue weighted by molar-refractivity contribution is 0.581. The van der Waals surface area contributed by atoms with Gasteiger partial charge in [-0.15, -0.1) is 0 Å². The highest BCUT2D eigenvalue weighted by molar-refractivity contribution is 6.30. The highest BCUT2D eigenvalue weighted by Gasteiger charge is 1.99. The molecular weight excluding hydrogens is 179 g/mol. The lowest BCUT2D eigenvalue weighted by Crippen LogP contribution is -1.93. The van der Waals surface area contributed by atoms with E-state index in [0.717, 1.165) is 0 Å². The molecule has 0 unspecified atom stereocenters. The summed E-state index contributed by atoms with van der Waals surface area (Å²) in [5, 5.41) is 0.410. The molecule has 0 bridgehead atoms. The van der Waals surface area contributed by atoms with Gasteiger partial charge in [-0.05, 0) is 6.07 Å². The minimum atomic E-state index is -0.538. The molecule has 0 aromatic carbocycles. The van der Waals surface area contributed by atoms with E-state index in [-0.39, 0.29) is 0 Å². The predicted molar refractivity (Wildman–Crippen MR) is 47.3 cm³/mol. The van der Waals surface area contributed by atoms with Gasteiger partial charge in [0.2, 0.25) is 5.95 Å². The van der Waals surface area contributed by atoms with Crippen LogP contribution in [-0.4, -0.2) is 11.5 Å². The molecule has 64 valence electrons. The molecule has 0 fully saturated rings. The average Bonchev–Trinajstić information content (AvgIpc) is 2.07. The van der Waals surface area contributed by atoms with Gasteiger partial charge < -0.3 is 5.73 Å². The standard InChI is InChI=1S/C8H8ClFN2/c9-7-4-6(2-1-3-11)8(10)12-5-7/h1-2,4-5H,3,11H2. The van der Waals surface area contributed by atoms with Crippen molar-refractivity contribution in [1.29, 1.82) is 0 Å². The van der Waals surface area contributed by atoms with Crippen molar-refractivity contribution in [2.24, 2.45) is 5.73 Å². The van der Waals surface area contributed by atoms with Crippen molar-refractivity contribution in [1.82, 2.24) is 4.98 Å². The summed E-state index contributed by atoms with van der Waals surface area (Å²) in [6.07, 6.45) is 4.45. The van der Waals surface area contributed by atoms with E-state index in [1.165, 1.54) is 12.3 Å². The molecule has 0 atom stereocenters. The molecule has 0 aliphatic rings. The Balaban J connectivity index is 2.97. The maximum absolute atomic E-state index is 12.8. The zero-order valence-electron chi connectivity index (χ0n) is 6.30. The fourth-order valence-electron chi connectivity index (χ4n) is 0.750. The monoisotopic (exact) mass is 186 g/mol. The van der Waals surface area contributed by atoms with Crippen LogP contribution in [0.15, 0.2) is 18.3 Å². The Labute approximate surface area is 74.9 Å². The van der Waals surface area contributed by atoms with E-state index >= 15 is 0 Å². The largest absolute Gasteiger partial charge is 0.327 e. The van der Waals surface area contributed by atoms with Gasteiger partial charge in [0.05, 0.1) is 5.02 Å². The van der Waals surface area contributed by atoms with Crippen molar-refractivity contribution in [2.45, 2.75) is 0 Å². The van der Waals surface area contributed by atoms with Gasteiger partial charge in [-0.3, -0.25) is 0 Å². The van der Waals surface area contributed by atoms with Crippen molar-refractivity contribution in [3.63, 3.8) is 0 Å². The number of rotatable bonds is 2. The van der Waals surface area contributed by atoms with E-state index in [1.807, 2.05) is 0 Å². The highest BCUT2D eigenvalue weighted by atomic mass is 35.5. The van der Waals surface area contributed by atoms with Crippen LogP contribution in [0.4, 0.5) is 4.39 Å². The lowest BCUT2D eigenvalue weighted by atomic mass is 10.2. The van der Waals surface area contributed by atoms with Gasteiger partial charge in [-0.1, -0.05) is 23.8 Å². The molecule has 1 aromatic heterocycles. The van der Waals surface area contributed by atoms with Crippen LogP contribution in [0.2, 0.25) is 5.02 Å². The number of nitrogens with two attached hydrogens (primary N) is 1. The van der Waals surface area contributed by atoms with Gasteiger partial charge in [0.1, 0.15) is 0 Å². The molecule has 0 radical (unpaired) electrons. The Hall–Kier alpha value is -0.930. The Morgan fingerprint density at radius 2 is 2.42 bits per heavy atom. The third-order valence-corrected chi connectivity index (χ3v) is 1.47. The molecule has 4 heteroatoms. The van der Waals surface area contributed by atoms with Crippen LogP contribution in [-0.2, 0) is 0 Å². The second kappa shape index (κ2) is 4.18. The summed E-state index contributed by atoms with van der Waals surface area (Å²) in [6.45, 7) is 0.367. The van der Waals surface area contributed by atoms with Crippen LogP contribution in [0.3, 0.4) is 0 Å². The van der Waals surface area contributed by atoms with Gasteiger partial charge in [0, 0.05) is 18.3 Å². The zero-order valence-corrected chi connectivity index (χ0v) is 7.05. The number of aromatic nitrogens is 1. The summed E-state index contributed by atoms with van der Waals surface area (Å²) in [5.41, 5.74) is 5.56. The molecule has 0 amide bonds. The first-order valence-electron chi connectivity index (χ1n) is 3.41. The quantitative estimate of drug-likeness (QED) is 0.716. The SMILES string of the molecule is NCC=Cc1cc(Cl)cnc1F. The summed E-state index contributed by atoms with van der Waals surface area (Å²) in [4.78, 5) is 3.44. The third kappa shape index (κ3) is 2.29.